The van der Waals surface area contributed by atoms with Gasteiger partial charge in [0.15, 0.2) is 0 Å². The van der Waals surface area contributed by atoms with Gasteiger partial charge in [0.2, 0.25) is 0 Å². The Morgan fingerprint density at radius 1 is 1.08 bits per heavy atom. The second-order valence-electron chi connectivity index (χ2n) is 9.01. The van der Waals surface area contributed by atoms with Gasteiger partial charge in [-0.25, -0.2) is 4.39 Å². The van der Waals surface area contributed by atoms with E-state index in [0.717, 1.165) is 27.6 Å². The Morgan fingerprint density at radius 2 is 1.86 bits per heavy atom. The van der Waals surface area contributed by atoms with Gasteiger partial charge in [0, 0.05) is 28.4 Å². The molecule has 8 heteroatoms. The Labute approximate surface area is 219 Å². The number of carboxylic acids is 1. The highest BCUT2D eigenvalue weighted by Crippen LogP contribution is 2.29. The number of aromatic amines is 1. The third-order valence-corrected chi connectivity index (χ3v) is 6.63. The molecule has 0 aliphatic heterocycles. The van der Waals surface area contributed by atoms with Crippen molar-refractivity contribution >= 4 is 34.4 Å². The molecule has 37 heavy (non-hydrogen) atoms. The van der Waals surface area contributed by atoms with Crippen molar-refractivity contribution in [2.45, 2.75) is 46.1 Å². The first kappa shape index (κ1) is 26.2. The lowest BCUT2D eigenvalue weighted by molar-refractivity contribution is -0.136. The average Bonchev–Trinajstić information content (AvgIpc) is 3.18. The first-order valence-electron chi connectivity index (χ1n) is 12.0. The van der Waals surface area contributed by atoms with Gasteiger partial charge >= 0.3 is 5.97 Å². The molecule has 3 N–H and O–H groups in total. The van der Waals surface area contributed by atoms with Gasteiger partial charge in [0.1, 0.15) is 23.0 Å². The molecule has 4 aromatic rings. The second kappa shape index (κ2) is 11.0. The summed E-state index contributed by atoms with van der Waals surface area (Å²) in [4.78, 5) is 27.1. The van der Waals surface area contributed by atoms with E-state index in [1.165, 1.54) is 12.1 Å². The van der Waals surface area contributed by atoms with E-state index in [1.54, 1.807) is 25.1 Å². The van der Waals surface area contributed by atoms with E-state index in [9.17, 15) is 14.0 Å². The first-order valence-corrected chi connectivity index (χ1v) is 12.4. The SMILES string of the molecule is CCc1cc(Oc2cc(F)cc([C@@H](C)NC(=O)c3[nH]c4ccc(Cl)cc4c3C)c2)ccc1CCC(=O)O. The Morgan fingerprint density at radius 3 is 2.59 bits per heavy atom. The molecule has 0 radical (unpaired) electrons. The third-order valence-electron chi connectivity index (χ3n) is 6.39. The third kappa shape index (κ3) is 6.12. The van der Waals surface area contributed by atoms with Crippen LogP contribution >= 0.6 is 11.6 Å². The number of carbonyl (C=O) groups excluding carboxylic acids is 1. The van der Waals surface area contributed by atoms with Crippen LogP contribution in [0.15, 0.2) is 54.6 Å². The molecule has 0 unspecified atom stereocenters. The Balaban J connectivity index is 1.51. The number of H-pyrrole nitrogens is 1. The number of nitrogens with one attached hydrogen (secondary N) is 2. The fourth-order valence-corrected chi connectivity index (χ4v) is 4.56. The van der Waals surface area contributed by atoms with Crippen molar-refractivity contribution in [3.05, 3.63) is 93.4 Å². The van der Waals surface area contributed by atoms with Crippen LogP contribution < -0.4 is 10.1 Å². The Hall–Kier alpha value is -3.84. The van der Waals surface area contributed by atoms with E-state index >= 15 is 0 Å². The van der Waals surface area contributed by atoms with Crippen LogP contribution in [0.3, 0.4) is 0 Å². The summed E-state index contributed by atoms with van der Waals surface area (Å²) in [5.41, 5.74) is 4.49. The van der Waals surface area contributed by atoms with Crippen LogP contribution in [0.5, 0.6) is 11.5 Å². The van der Waals surface area contributed by atoms with Crippen molar-refractivity contribution in [2.75, 3.05) is 0 Å². The van der Waals surface area contributed by atoms with Gasteiger partial charge in [-0.3, -0.25) is 9.59 Å². The summed E-state index contributed by atoms with van der Waals surface area (Å²) in [6.07, 6.45) is 1.20. The molecule has 0 saturated carbocycles. The molecule has 0 bridgehead atoms. The number of carbonyl (C=O) groups is 2. The highest BCUT2D eigenvalue weighted by atomic mass is 35.5. The van der Waals surface area contributed by atoms with Gasteiger partial charge in [-0.05, 0) is 91.4 Å². The standard InChI is InChI=1S/C29H28ClFN2O4/c1-4-18-12-23(8-5-19(18)6-10-27(34)35)37-24-13-20(11-22(31)15-24)17(3)32-29(36)28-16(2)25-14-21(30)7-9-26(25)33-28/h5,7-9,11-15,17,33H,4,6,10H2,1-3H3,(H,32,36)(H,34,35)/t17-/m1/s1. The molecule has 1 atom stereocenters. The lowest BCUT2D eigenvalue weighted by Gasteiger charge is -2.16. The van der Waals surface area contributed by atoms with Crippen LogP contribution in [0.2, 0.25) is 5.02 Å². The van der Waals surface area contributed by atoms with E-state index in [0.29, 0.717) is 40.6 Å². The minimum absolute atomic E-state index is 0.0514. The molecule has 6 nitrogen and oxygen atoms in total. The quantitative estimate of drug-likeness (QED) is 0.218. The molecule has 192 valence electrons. The van der Waals surface area contributed by atoms with E-state index < -0.39 is 17.8 Å². The van der Waals surface area contributed by atoms with Crippen molar-refractivity contribution in [1.82, 2.24) is 10.3 Å². The number of ether oxygens (including phenoxy) is 1. The van der Waals surface area contributed by atoms with Crippen molar-refractivity contribution in [2.24, 2.45) is 0 Å². The van der Waals surface area contributed by atoms with Crippen LogP contribution in [0.1, 0.15) is 59.1 Å². The van der Waals surface area contributed by atoms with Crippen LogP contribution in [0.25, 0.3) is 10.9 Å². The summed E-state index contributed by atoms with van der Waals surface area (Å²) in [6, 6.07) is 14.7. The maximum absolute atomic E-state index is 14.5. The fourth-order valence-electron chi connectivity index (χ4n) is 4.39. The number of carboxylic acid groups (broad SMARTS) is 1. The van der Waals surface area contributed by atoms with E-state index in [-0.39, 0.29) is 12.3 Å². The molecule has 0 aliphatic carbocycles. The number of aliphatic carboxylic acids is 1. The minimum atomic E-state index is -0.847. The maximum atomic E-state index is 14.5. The number of amides is 1. The normalized spacial score (nSPS) is 11.9. The van der Waals surface area contributed by atoms with Crippen molar-refractivity contribution < 1.29 is 23.8 Å². The average molecular weight is 523 g/mol. The highest BCUT2D eigenvalue weighted by molar-refractivity contribution is 6.31. The minimum Gasteiger partial charge on any atom is -0.481 e. The van der Waals surface area contributed by atoms with Crippen molar-refractivity contribution in [1.29, 1.82) is 0 Å². The van der Waals surface area contributed by atoms with Gasteiger partial charge in [0.05, 0.1) is 6.04 Å². The smallest absolute Gasteiger partial charge is 0.303 e. The van der Waals surface area contributed by atoms with E-state index in [4.69, 9.17) is 21.4 Å². The number of fused-ring (bicyclic) bond motifs is 1. The maximum Gasteiger partial charge on any atom is 0.303 e. The molecular weight excluding hydrogens is 495 g/mol. The summed E-state index contributed by atoms with van der Waals surface area (Å²) < 4.78 is 20.5. The topological polar surface area (TPSA) is 91.4 Å². The molecule has 0 saturated heterocycles. The summed E-state index contributed by atoms with van der Waals surface area (Å²) in [6.45, 7) is 5.61. The summed E-state index contributed by atoms with van der Waals surface area (Å²) in [5.74, 6) is -0.822. The summed E-state index contributed by atoms with van der Waals surface area (Å²) >= 11 is 6.10. The lowest BCUT2D eigenvalue weighted by atomic mass is 10.0. The molecule has 0 fully saturated rings. The van der Waals surface area contributed by atoms with Crippen molar-refractivity contribution in [3.8, 4) is 11.5 Å². The molecule has 1 aromatic heterocycles. The van der Waals surface area contributed by atoms with Crippen LogP contribution in [0, 0.1) is 12.7 Å². The fraction of sp³-hybridized carbons (Fsp3) is 0.241. The molecular formula is C29H28ClFN2O4. The van der Waals surface area contributed by atoms with Gasteiger partial charge in [0.25, 0.3) is 5.91 Å². The summed E-state index contributed by atoms with van der Waals surface area (Å²) in [7, 11) is 0. The Kier molecular flexibility index (Phi) is 7.83. The first-order chi connectivity index (χ1) is 17.6. The number of hydrogen-bond donors (Lipinski definition) is 3. The molecule has 3 aromatic carbocycles. The largest absolute Gasteiger partial charge is 0.481 e. The van der Waals surface area contributed by atoms with Crippen molar-refractivity contribution in [3.63, 3.8) is 0 Å². The molecule has 0 spiro atoms. The zero-order chi connectivity index (χ0) is 26.7. The molecule has 1 amide bonds. The predicted molar refractivity (Wildman–Crippen MR) is 142 cm³/mol. The van der Waals surface area contributed by atoms with Gasteiger partial charge in [-0.15, -0.1) is 0 Å². The van der Waals surface area contributed by atoms with Crippen LogP contribution in [0.4, 0.5) is 4.39 Å². The van der Waals surface area contributed by atoms with E-state index in [1.807, 2.05) is 38.1 Å². The Bertz CT molecular complexity index is 1480. The number of aryl methyl sites for hydroxylation is 3. The molecule has 4 rings (SSSR count). The number of halogens is 2. The lowest BCUT2D eigenvalue weighted by Crippen LogP contribution is -2.27. The number of benzene rings is 3. The van der Waals surface area contributed by atoms with E-state index in [2.05, 4.69) is 10.3 Å². The van der Waals surface area contributed by atoms with Gasteiger partial charge in [-0.1, -0.05) is 24.6 Å². The van der Waals surface area contributed by atoms with Crippen LogP contribution in [-0.2, 0) is 17.6 Å². The number of rotatable bonds is 9. The highest BCUT2D eigenvalue weighted by Gasteiger charge is 2.19. The number of hydrogen-bond acceptors (Lipinski definition) is 3. The zero-order valence-electron chi connectivity index (χ0n) is 20.8. The second-order valence-corrected chi connectivity index (χ2v) is 9.45. The number of aromatic nitrogens is 1. The summed E-state index contributed by atoms with van der Waals surface area (Å²) in [5, 5.41) is 13.3. The van der Waals surface area contributed by atoms with Crippen LogP contribution in [-0.4, -0.2) is 22.0 Å². The molecule has 1 heterocycles. The zero-order valence-corrected chi connectivity index (χ0v) is 21.6. The van der Waals surface area contributed by atoms with Gasteiger partial charge < -0.3 is 20.1 Å². The van der Waals surface area contributed by atoms with Gasteiger partial charge in [-0.2, -0.15) is 0 Å². The molecule has 0 aliphatic rings. The predicted octanol–water partition coefficient (Wildman–Crippen LogP) is 7.13. The monoisotopic (exact) mass is 522 g/mol.